The van der Waals surface area contributed by atoms with Crippen molar-refractivity contribution < 1.29 is 4.74 Å². The lowest BCUT2D eigenvalue weighted by Gasteiger charge is -2.27. The summed E-state index contributed by atoms with van der Waals surface area (Å²) < 4.78 is 5.39. The minimum Gasteiger partial charge on any atom is -0.379 e. The summed E-state index contributed by atoms with van der Waals surface area (Å²) >= 11 is 0. The van der Waals surface area contributed by atoms with E-state index in [4.69, 9.17) is 9.73 Å². The monoisotopic (exact) mass is 474 g/mol. The van der Waals surface area contributed by atoms with Crippen LogP contribution < -0.4 is 10.6 Å². The van der Waals surface area contributed by atoms with Gasteiger partial charge in [-0.15, -0.1) is 24.0 Å². The molecule has 2 rings (SSSR count). The zero-order chi connectivity index (χ0) is 18.1. The van der Waals surface area contributed by atoms with Crippen molar-refractivity contribution in [2.75, 3.05) is 52.5 Å². The van der Waals surface area contributed by atoms with E-state index in [-0.39, 0.29) is 29.4 Å². The van der Waals surface area contributed by atoms with E-state index in [1.165, 1.54) is 11.1 Å². The van der Waals surface area contributed by atoms with E-state index in [2.05, 4.69) is 67.5 Å². The van der Waals surface area contributed by atoms with Crippen molar-refractivity contribution in [3.8, 4) is 0 Å². The molecule has 1 aromatic carbocycles. The van der Waals surface area contributed by atoms with Crippen LogP contribution in [-0.2, 0) is 10.2 Å². The van der Waals surface area contributed by atoms with Crippen LogP contribution >= 0.6 is 24.0 Å². The van der Waals surface area contributed by atoms with E-state index < -0.39 is 0 Å². The minimum atomic E-state index is 0. The smallest absolute Gasteiger partial charge is 0.191 e. The predicted molar refractivity (Wildman–Crippen MR) is 121 cm³/mol. The topological polar surface area (TPSA) is 48.9 Å². The fraction of sp³-hybridized carbons (Fsp3) is 0.650. The van der Waals surface area contributed by atoms with Gasteiger partial charge in [0.1, 0.15) is 0 Å². The standard InChI is InChI=1S/C20H34N4O.HI/c1-5-21-19(22-9-10-24-11-13-25-14-12-24)23-16-20(3,4)18-8-6-7-17(2)15-18;/h6-8,15H,5,9-14,16H2,1-4H3,(H2,21,22,23);1H. The van der Waals surface area contributed by atoms with Gasteiger partial charge in [-0.25, -0.2) is 0 Å². The maximum atomic E-state index is 5.39. The van der Waals surface area contributed by atoms with E-state index in [1.54, 1.807) is 0 Å². The normalized spacial score (nSPS) is 16.1. The fourth-order valence-corrected chi connectivity index (χ4v) is 2.93. The molecular formula is C20H35IN4O. The lowest BCUT2D eigenvalue weighted by atomic mass is 9.84. The van der Waals surface area contributed by atoms with Gasteiger partial charge in [-0.3, -0.25) is 9.89 Å². The molecule has 148 valence electrons. The summed E-state index contributed by atoms with van der Waals surface area (Å²) in [6.07, 6.45) is 0. The Hall–Kier alpha value is -0.860. The van der Waals surface area contributed by atoms with Crippen LogP contribution in [0.4, 0.5) is 0 Å². The summed E-state index contributed by atoms with van der Waals surface area (Å²) in [5.41, 5.74) is 2.64. The van der Waals surface area contributed by atoms with Gasteiger partial charge in [0.05, 0.1) is 19.8 Å². The maximum absolute atomic E-state index is 5.39. The number of hydrogen-bond acceptors (Lipinski definition) is 3. The first-order chi connectivity index (χ1) is 12.0. The van der Waals surface area contributed by atoms with Crippen LogP contribution in [0.3, 0.4) is 0 Å². The second-order valence-corrected chi connectivity index (χ2v) is 7.33. The third-order valence-corrected chi connectivity index (χ3v) is 4.60. The molecular weight excluding hydrogens is 439 g/mol. The first kappa shape index (κ1) is 23.2. The molecule has 0 bridgehead atoms. The lowest BCUT2D eigenvalue weighted by Crippen LogP contribution is -2.44. The Bertz CT molecular complexity index is 556. The lowest BCUT2D eigenvalue weighted by molar-refractivity contribution is 0.0389. The molecule has 1 heterocycles. The number of hydrogen-bond donors (Lipinski definition) is 2. The molecule has 1 fully saturated rings. The van der Waals surface area contributed by atoms with Crippen LogP contribution in [0.1, 0.15) is 31.9 Å². The van der Waals surface area contributed by atoms with Crippen LogP contribution in [0.25, 0.3) is 0 Å². The summed E-state index contributed by atoms with van der Waals surface area (Å²) in [4.78, 5) is 7.25. The third-order valence-electron chi connectivity index (χ3n) is 4.60. The number of nitrogens with one attached hydrogen (secondary N) is 2. The molecule has 0 aromatic heterocycles. The second kappa shape index (κ2) is 11.8. The van der Waals surface area contributed by atoms with Gasteiger partial charge in [0.2, 0.25) is 0 Å². The Balaban J connectivity index is 0.00000338. The molecule has 0 atom stereocenters. The highest BCUT2D eigenvalue weighted by Gasteiger charge is 2.20. The molecule has 5 nitrogen and oxygen atoms in total. The third kappa shape index (κ3) is 7.80. The van der Waals surface area contributed by atoms with Gasteiger partial charge >= 0.3 is 0 Å². The molecule has 0 saturated carbocycles. The highest BCUT2D eigenvalue weighted by molar-refractivity contribution is 14.0. The SMILES string of the molecule is CCNC(=NCC(C)(C)c1cccc(C)c1)NCCN1CCOCC1.I. The van der Waals surface area contributed by atoms with Gasteiger partial charge in [-0.2, -0.15) is 0 Å². The summed E-state index contributed by atoms with van der Waals surface area (Å²) in [6.45, 7) is 16.0. The molecule has 2 N–H and O–H groups in total. The largest absolute Gasteiger partial charge is 0.379 e. The Morgan fingerprint density at radius 3 is 2.62 bits per heavy atom. The number of aliphatic imine (C=N–C) groups is 1. The average molecular weight is 474 g/mol. The number of ether oxygens (including phenoxy) is 1. The molecule has 0 amide bonds. The number of halogens is 1. The molecule has 1 aliphatic rings. The highest BCUT2D eigenvalue weighted by atomic mass is 127. The average Bonchev–Trinajstić information content (AvgIpc) is 2.61. The van der Waals surface area contributed by atoms with Crippen molar-refractivity contribution in [1.82, 2.24) is 15.5 Å². The Morgan fingerprint density at radius 1 is 1.23 bits per heavy atom. The number of aryl methyl sites for hydroxylation is 1. The highest BCUT2D eigenvalue weighted by Crippen LogP contribution is 2.24. The number of rotatable bonds is 7. The van der Waals surface area contributed by atoms with Gasteiger partial charge in [0, 0.05) is 38.1 Å². The molecule has 1 saturated heterocycles. The van der Waals surface area contributed by atoms with E-state index in [0.717, 1.165) is 58.4 Å². The number of guanidine groups is 1. The molecule has 0 unspecified atom stereocenters. The molecule has 26 heavy (non-hydrogen) atoms. The van der Waals surface area contributed by atoms with E-state index in [9.17, 15) is 0 Å². The summed E-state index contributed by atoms with van der Waals surface area (Å²) in [5, 5.41) is 6.81. The molecule has 6 heteroatoms. The summed E-state index contributed by atoms with van der Waals surface area (Å²) in [5.74, 6) is 0.900. The number of morpholine rings is 1. The second-order valence-electron chi connectivity index (χ2n) is 7.33. The van der Waals surface area contributed by atoms with Gasteiger partial charge < -0.3 is 15.4 Å². The van der Waals surface area contributed by atoms with Crippen LogP contribution in [-0.4, -0.2) is 63.3 Å². The van der Waals surface area contributed by atoms with Gasteiger partial charge in [-0.05, 0) is 19.4 Å². The van der Waals surface area contributed by atoms with Crippen LogP contribution in [0.5, 0.6) is 0 Å². The van der Waals surface area contributed by atoms with Gasteiger partial charge in [-0.1, -0.05) is 43.7 Å². The Labute approximate surface area is 176 Å². The van der Waals surface area contributed by atoms with Gasteiger partial charge in [0.15, 0.2) is 5.96 Å². The van der Waals surface area contributed by atoms with Gasteiger partial charge in [0.25, 0.3) is 0 Å². The fourth-order valence-electron chi connectivity index (χ4n) is 2.93. The summed E-state index contributed by atoms with van der Waals surface area (Å²) in [7, 11) is 0. The summed E-state index contributed by atoms with van der Waals surface area (Å²) in [6, 6.07) is 8.72. The predicted octanol–water partition coefficient (Wildman–Crippen LogP) is 2.78. The zero-order valence-electron chi connectivity index (χ0n) is 16.7. The zero-order valence-corrected chi connectivity index (χ0v) is 19.0. The van der Waals surface area contributed by atoms with Crippen LogP contribution in [0.15, 0.2) is 29.3 Å². The van der Waals surface area contributed by atoms with Crippen LogP contribution in [0, 0.1) is 6.92 Å². The molecule has 0 aliphatic carbocycles. The van der Waals surface area contributed by atoms with Crippen molar-refractivity contribution in [3.63, 3.8) is 0 Å². The van der Waals surface area contributed by atoms with E-state index in [0.29, 0.717) is 0 Å². The first-order valence-electron chi connectivity index (χ1n) is 9.41. The van der Waals surface area contributed by atoms with E-state index in [1.807, 2.05) is 0 Å². The van der Waals surface area contributed by atoms with E-state index >= 15 is 0 Å². The number of benzene rings is 1. The minimum absolute atomic E-state index is 0. The molecule has 1 aliphatic heterocycles. The van der Waals surface area contributed by atoms with Crippen molar-refractivity contribution >= 4 is 29.9 Å². The van der Waals surface area contributed by atoms with Crippen molar-refractivity contribution in [1.29, 1.82) is 0 Å². The molecule has 0 spiro atoms. The van der Waals surface area contributed by atoms with Crippen molar-refractivity contribution in [3.05, 3.63) is 35.4 Å². The van der Waals surface area contributed by atoms with Crippen molar-refractivity contribution in [2.45, 2.75) is 33.1 Å². The Morgan fingerprint density at radius 2 is 1.96 bits per heavy atom. The van der Waals surface area contributed by atoms with Crippen molar-refractivity contribution in [2.24, 2.45) is 4.99 Å². The maximum Gasteiger partial charge on any atom is 0.191 e. The molecule has 1 aromatic rings. The quantitative estimate of drug-likeness (QED) is 0.363. The van der Waals surface area contributed by atoms with Crippen LogP contribution in [0.2, 0.25) is 0 Å². The number of nitrogens with zero attached hydrogens (tertiary/aromatic N) is 2. The molecule has 0 radical (unpaired) electrons. The first-order valence-corrected chi connectivity index (χ1v) is 9.41. The Kier molecular flexibility index (Phi) is 10.5.